The van der Waals surface area contributed by atoms with Crippen LogP contribution in [0.2, 0.25) is 0 Å². The summed E-state index contributed by atoms with van der Waals surface area (Å²) in [5.74, 6) is -0.273. The summed E-state index contributed by atoms with van der Waals surface area (Å²) in [6, 6.07) is 13.7. The van der Waals surface area contributed by atoms with Gasteiger partial charge in [0, 0.05) is 9.79 Å². The maximum atomic E-state index is 11.7. The van der Waals surface area contributed by atoms with Crippen LogP contribution in [0.4, 0.5) is 11.4 Å². The smallest absolute Gasteiger partial charge is 0.338 e. The Bertz CT molecular complexity index is 640. The maximum absolute atomic E-state index is 11.7. The van der Waals surface area contributed by atoms with Crippen LogP contribution in [0.3, 0.4) is 0 Å². The molecule has 3 nitrogen and oxygen atoms in total. The highest BCUT2D eigenvalue weighted by atomic mass is 32.2. The summed E-state index contributed by atoms with van der Waals surface area (Å²) in [6.07, 6.45) is 0. The number of benzene rings is 2. The van der Waals surface area contributed by atoms with E-state index in [1.165, 1.54) is 0 Å². The van der Waals surface area contributed by atoms with Crippen LogP contribution in [-0.4, -0.2) is 12.6 Å². The lowest BCUT2D eigenvalue weighted by Crippen LogP contribution is -2.06. The molecule has 0 aliphatic carbocycles. The van der Waals surface area contributed by atoms with E-state index in [1.807, 2.05) is 37.3 Å². The summed E-state index contributed by atoms with van der Waals surface area (Å²) >= 11 is 1.66. The Morgan fingerprint density at radius 3 is 2.79 bits per heavy atom. The summed E-state index contributed by atoms with van der Waals surface area (Å²) in [5.41, 5.74) is 2.72. The standard InChI is InChI=1S/C15H13NO2S/c1-2-18-15(17)10-7-8-12-14(9-10)19-13-6-4-3-5-11(13)16-12/h3-9,16H,2H2,1H3. The molecule has 1 heterocycles. The normalized spacial score (nSPS) is 12.1. The van der Waals surface area contributed by atoms with Crippen molar-refractivity contribution in [1.82, 2.24) is 0 Å². The van der Waals surface area contributed by atoms with E-state index in [-0.39, 0.29) is 5.97 Å². The van der Waals surface area contributed by atoms with Gasteiger partial charge in [-0.05, 0) is 37.3 Å². The molecule has 4 heteroatoms. The monoisotopic (exact) mass is 271 g/mol. The first-order valence-electron chi connectivity index (χ1n) is 6.13. The zero-order valence-corrected chi connectivity index (χ0v) is 11.3. The van der Waals surface area contributed by atoms with Crippen molar-refractivity contribution in [3.63, 3.8) is 0 Å². The fourth-order valence-corrected chi connectivity index (χ4v) is 3.00. The SMILES string of the molecule is CCOC(=O)c1ccc2c(c1)Sc1ccccc1N2. The quantitative estimate of drug-likeness (QED) is 0.713. The number of fused-ring (bicyclic) bond motifs is 2. The van der Waals surface area contributed by atoms with Gasteiger partial charge in [0.15, 0.2) is 0 Å². The van der Waals surface area contributed by atoms with E-state index in [0.717, 1.165) is 21.2 Å². The molecule has 19 heavy (non-hydrogen) atoms. The average Bonchev–Trinajstić information content (AvgIpc) is 2.44. The van der Waals surface area contributed by atoms with E-state index in [2.05, 4.69) is 11.4 Å². The van der Waals surface area contributed by atoms with E-state index in [4.69, 9.17) is 4.74 Å². The minimum absolute atomic E-state index is 0.273. The van der Waals surface area contributed by atoms with E-state index >= 15 is 0 Å². The molecule has 2 aromatic rings. The molecule has 0 spiro atoms. The molecule has 1 N–H and O–H groups in total. The van der Waals surface area contributed by atoms with E-state index in [1.54, 1.807) is 17.8 Å². The van der Waals surface area contributed by atoms with Gasteiger partial charge in [0.1, 0.15) is 0 Å². The van der Waals surface area contributed by atoms with Crippen molar-refractivity contribution < 1.29 is 9.53 Å². The fraction of sp³-hybridized carbons (Fsp3) is 0.133. The molecule has 0 fully saturated rings. The number of esters is 1. The van der Waals surface area contributed by atoms with Crippen LogP contribution < -0.4 is 5.32 Å². The summed E-state index contributed by atoms with van der Waals surface area (Å²) < 4.78 is 5.02. The highest BCUT2D eigenvalue weighted by molar-refractivity contribution is 7.99. The van der Waals surface area contributed by atoms with Crippen LogP contribution in [0.15, 0.2) is 52.3 Å². The third kappa shape index (κ3) is 2.31. The second-order valence-corrected chi connectivity index (χ2v) is 5.24. The molecule has 1 aliphatic rings. The largest absolute Gasteiger partial charge is 0.462 e. The third-order valence-corrected chi connectivity index (χ3v) is 4.00. The van der Waals surface area contributed by atoms with Gasteiger partial charge in [-0.1, -0.05) is 23.9 Å². The first-order valence-corrected chi connectivity index (χ1v) is 6.94. The van der Waals surface area contributed by atoms with Crippen LogP contribution in [0.1, 0.15) is 17.3 Å². The van der Waals surface area contributed by atoms with Crippen molar-refractivity contribution in [3.05, 3.63) is 48.0 Å². The Balaban J connectivity index is 1.94. The Hall–Kier alpha value is -1.94. The maximum Gasteiger partial charge on any atom is 0.338 e. The third-order valence-electron chi connectivity index (χ3n) is 2.87. The van der Waals surface area contributed by atoms with Gasteiger partial charge in [0.05, 0.1) is 23.5 Å². The van der Waals surface area contributed by atoms with Crippen LogP contribution >= 0.6 is 11.8 Å². The number of hydrogen-bond donors (Lipinski definition) is 1. The lowest BCUT2D eigenvalue weighted by molar-refractivity contribution is 0.0526. The van der Waals surface area contributed by atoms with Gasteiger partial charge < -0.3 is 10.1 Å². The highest BCUT2D eigenvalue weighted by Gasteiger charge is 2.17. The van der Waals surface area contributed by atoms with E-state index in [9.17, 15) is 4.79 Å². The number of carbonyl (C=O) groups is 1. The number of nitrogens with one attached hydrogen (secondary N) is 1. The molecule has 0 unspecified atom stereocenters. The minimum Gasteiger partial charge on any atom is -0.462 e. The number of carbonyl (C=O) groups excluding carboxylic acids is 1. The van der Waals surface area contributed by atoms with E-state index < -0.39 is 0 Å². The summed E-state index contributed by atoms with van der Waals surface area (Å²) in [6.45, 7) is 2.20. The summed E-state index contributed by atoms with van der Waals surface area (Å²) in [4.78, 5) is 13.9. The second kappa shape index (κ2) is 4.97. The first-order chi connectivity index (χ1) is 9.28. The van der Waals surface area contributed by atoms with Gasteiger partial charge in [0.2, 0.25) is 0 Å². The molecule has 1 aliphatic heterocycles. The molecule has 96 valence electrons. The molecule has 0 saturated heterocycles. The molecule has 0 radical (unpaired) electrons. The Labute approximate surface area is 116 Å². The van der Waals surface area contributed by atoms with Crippen molar-refractivity contribution in [2.75, 3.05) is 11.9 Å². The number of ether oxygens (including phenoxy) is 1. The molecular weight excluding hydrogens is 258 g/mol. The molecule has 3 rings (SSSR count). The minimum atomic E-state index is -0.273. The molecule has 0 amide bonds. The zero-order valence-electron chi connectivity index (χ0n) is 10.5. The number of rotatable bonds is 2. The molecule has 0 bridgehead atoms. The van der Waals surface area contributed by atoms with Gasteiger partial charge in [-0.3, -0.25) is 0 Å². The van der Waals surface area contributed by atoms with Crippen LogP contribution in [-0.2, 0) is 4.74 Å². The van der Waals surface area contributed by atoms with Crippen molar-refractivity contribution in [2.45, 2.75) is 16.7 Å². The molecule has 2 aromatic carbocycles. The Kier molecular flexibility index (Phi) is 3.17. The zero-order chi connectivity index (χ0) is 13.2. The molecule has 0 atom stereocenters. The van der Waals surface area contributed by atoms with Gasteiger partial charge >= 0.3 is 5.97 Å². The lowest BCUT2D eigenvalue weighted by atomic mass is 10.2. The van der Waals surface area contributed by atoms with Crippen molar-refractivity contribution in [1.29, 1.82) is 0 Å². The first kappa shape index (κ1) is 12.1. The van der Waals surface area contributed by atoms with Crippen LogP contribution in [0.5, 0.6) is 0 Å². The number of anilines is 2. The molecular formula is C15H13NO2S. The predicted molar refractivity (Wildman–Crippen MR) is 76.2 cm³/mol. The fourth-order valence-electron chi connectivity index (χ4n) is 1.97. The van der Waals surface area contributed by atoms with Crippen molar-refractivity contribution in [3.8, 4) is 0 Å². The van der Waals surface area contributed by atoms with Crippen LogP contribution in [0.25, 0.3) is 0 Å². The highest BCUT2D eigenvalue weighted by Crippen LogP contribution is 2.44. The average molecular weight is 271 g/mol. The Morgan fingerprint density at radius 1 is 1.16 bits per heavy atom. The lowest BCUT2D eigenvalue weighted by Gasteiger charge is -2.20. The number of para-hydroxylation sites is 1. The molecule has 0 saturated carbocycles. The van der Waals surface area contributed by atoms with Crippen molar-refractivity contribution in [2.24, 2.45) is 0 Å². The van der Waals surface area contributed by atoms with Gasteiger partial charge in [-0.2, -0.15) is 0 Å². The second-order valence-electron chi connectivity index (χ2n) is 4.15. The summed E-state index contributed by atoms with van der Waals surface area (Å²) in [5, 5.41) is 3.37. The van der Waals surface area contributed by atoms with Crippen LogP contribution in [0, 0.1) is 0 Å². The van der Waals surface area contributed by atoms with Gasteiger partial charge in [-0.25, -0.2) is 4.79 Å². The van der Waals surface area contributed by atoms with Gasteiger partial charge in [0.25, 0.3) is 0 Å². The van der Waals surface area contributed by atoms with Gasteiger partial charge in [-0.15, -0.1) is 0 Å². The molecule has 0 aromatic heterocycles. The topological polar surface area (TPSA) is 38.3 Å². The summed E-state index contributed by atoms with van der Waals surface area (Å²) in [7, 11) is 0. The Morgan fingerprint density at radius 2 is 1.95 bits per heavy atom. The predicted octanol–water partition coefficient (Wildman–Crippen LogP) is 4.07. The van der Waals surface area contributed by atoms with E-state index in [0.29, 0.717) is 12.2 Å². The number of hydrogen-bond acceptors (Lipinski definition) is 4. The van der Waals surface area contributed by atoms with Crippen molar-refractivity contribution >= 4 is 29.1 Å².